The van der Waals surface area contributed by atoms with Crippen LogP contribution in [0.25, 0.3) is 11.3 Å². The molecule has 0 saturated carbocycles. The summed E-state index contributed by atoms with van der Waals surface area (Å²) in [5.41, 5.74) is 3.19. The molecule has 4 nitrogen and oxygen atoms in total. The Bertz CT molecular complexity index is 703. The highest BCUT2D eigenvalue weighted by molar-refractivity contribution is 7.98. The van der Waals surface area contributed by atoms with Gasteiger partial charge in [-0.05, 0) is 12.5 Å². The second-order valence-electron chi connectivity index (χ2n) is 4.57. The molecule has 0 atom stereocenters. The third kappa shape index (κ3) is 2.63. The second kappa shape index (κ2) is 5.54. The predicted octanol–water partition coefficient (Wildman–Crippen LogP) is 3.68. The fourth-order valence-electron chi connectivity index (χ4n) is 2.02. The zero-order valence-corrected chi connectivity index (χ0v) is 12.2. The first-order valence-corrected chi connectivity index (χ1v) is 7.35. The Morgan fingerprint density at radius 3 is 2.75 bits per heavy atom. The van der Waals surface area contributed by atoms with Gasteiger partial charge in [-0.15, -0.1) is 0 Å². The van der Waals surface area contributed by atoms with Gasteiger partial charge in [0.1, 0.15) is 5.76 Å². The molecule has 2 heterocycles. The van der Waals surface area contributed by atoms with Crippen LogP contribution in [0.15, 0.2) is 52.3 Å². The van der Waals surface area contributed by atoms with Crippen molar-refractivity contribution >= 4 is 11.8 Å². The molecule has 0 spiro atoms. The first-order valence-electron chi connectivity index (χ1n) is 6.36. The summed E-state index contributed by atoms with van der Waals surface area (Å²) >= 11 is 1.65. The average molecular weight is 285 g/mol. The van der Waals surface area contributed by atoms with Crippen LogP contribution in [0, 0.1) is 6.92 Å². The van der Waals surface area contributed by atoms with Crippen molar-refractivity contribution in [2.75, 3.05) is 0 Å². The van der Waals surface area contributed by atoms with Crippen molar-refractivity contribution in [2.24, 2.45) is 7.05 Å². The molecule has 20 heavy (non-hydrogen) atoms. The normalized spacial score (nSPS) is 10.9. The van der Waals surface area contributed by atoms with E-state index in [-0.39, 0.29) is 0 Å². The van der Waals surface area contributed by atoms with Gasteiger partial charge in [0.15, 0.2) is 5.16 Å². The topological polar surface area (TPSA) is 43.9 Å². The minimum Gasteiger partial charge on any atom is -0.360 e. The number of benzene rings is 1. The molecule has 0 bridgehead atoms. The van der Waals surface area contributed by atoms with Gasteiger partial charge in [-0.3, -0.25) is 0 Å². The molecule has 1 aromatic carbocycles. The molecule has 0 N–H and O–H groups in total. The van der Waals surface area contributed by atoms with Crippen molar-refractivity contribution < 1.29 is 4.52 Å². The van der Waals surface area contributed by atoms with Crippen molar-refractivity contribution in [3.05, 3.63) is 54.0 Å². The van der Waals surface area contributed by atoms with E-state index < -0.39 is 0 Å². The molecule has 0 radical (unpaired) electrons. The van der Waals surface area contributed by atoms with Crippen LogP contribution < -0.4 is 0 Å². The van der Waals surface area contributed by atoms with E-state index in [0.717, 1.165) is 28.1 Å². The van der Waals surface area contributed by atoms with Crippen LogP contribution in [0.3, 0.4) is 0 Å². The van der Waals surface area contributed by atoms with E-state index in [2.05, 4.69) is 26.8 Å². The van der Waals surface area contributed by atoms with Gasteiger partial charge in [0.25, 0.3) is 0 Å². The molecule has 0 aliphatic carbocycles. The smallest absolute Gasteiger partial charge is 0.168 e. The number of nitrogens with zero attached hydrogens (tertiary/aromatic N) is 3. The first-order chi connectivity index (χ1) is 9.74. The Balaban J connectivity index is 1.77. The number of aromatic nitrogens is 3. The van der Waals surface area contributed by atoms with Crippen molar-refractivity contribution in [2.45, 2.75) is 17.8 Å². The van der Waals surface area contributed by atoms with E-state index in [1.807, 2.05) is 44.4 Å². The fraction of sp³-hybridized carbons (Fsp3) is 0.200. The number of aryl methyl sites for hydroxylation is 1. The molecule has 3 aromatic rings. The Hall–Kier alpha value is -2.01. The monoisotopic (exact) mass is 285 g/mol. The summed E-state index contributed by atoms with van der Waals surface area (Å²) in [7, 11) is 2.03. The lowest BCUT2D eigenvalue weighted by atomic mass is 10.2. The number of hydrogen-bond donors (Lipinski definition) is 0. The van der Waals surface area contributed by atoms with Gasteiger partial charge in [0, 0.05) is 13.1 Å². The van der Waals surface area contributed by atoms with Crippen molar-refractivity contribution in [1.82, 2.24) is 14.7 Å². The average Bonchev–Trinajstić information content (AvgIpc) is 3.04. The highest BCUT2D eigenvalue weighted by Gasteiger charge is 2.10. The van der Waals surface area contributed by atoms with Gasteiger partial charge >= 0.3 is 0 Å². The lowest BCUT2D eigenvalue weighted by Crippen LogP contribution is -1.94. The maximum atomic E-state index is 5.21. The van der Waals surface area contributed by atoms with Crippen LogP contribution in [0.5, 0.6) is 0 Å². The standard InChI is InChI=1S/C15H15N3OS/c1-11-8-13(19-17-11)10-20-15-16-9-14(18(15)2)12-6-4-3-5-7-12/h3-9H,10H2,1-2H3. The maximum absolute atomic E-state index is 5.21. The Kier molecular flexibility index (Phi) is 3.60. The minimum atomic E-state index is 0.736. The molecular weight excluding hydrogens is 270 g/mol. The maximum Gasteiger partial charge on any atom is 0.168 e. The summed E-state index contributed by atoms with van der Waals surface area (Å²) in [6.45, 7) is 1.92. The molecule has 0 unspecified atom stereocenters. The third-order valence-corrected chi connectivity index (χ3v) is 4.10. The molecule has 0 amide bonds. The van der Waals surface area contributed by atoms with E-state index in [1.54, 1.807) is 11.8 Å². The fourth-order valence-corrected chi connectivity index (χ4v) is 2.85. The van der Waals surface area contributed by atoms with Crippen molar-refractivity contribution in [3.8, 4) is 11.3 Å². The number of thioether (sulfide) groups is 1. The van der Waals surface area contributed by atoms with Crippen LogP contribution in [-0.2, 0) is 12.8 Å². The summed E-state index contributed by atoms with van der Waals surface area (Å²) in [5, 5.41) is 4.86. The highest BCUT2D eigenvalue weighted by atomic mass is 32.2. The van der Waals surface area contributed by atoms with E-state index in [4.69, 9.17) is 4.52 Å². The molecular formula is C15H15N3OS. The first kappa shape index (κ1) is 13.0. The van der Waals surface area contributed by atoms with E-state index in [0.29, 0.717) is 0 Å². The van der Waals surface area contributed by atoms with Gasteiger partial charge in [-0.1, -0.05) is 47.3 Å². The second-order valence-corrected chi connectivity index (χ2v) is 5.52. The number of rotatable bonds is 4. The minimum absolute atomic E-state index is 0.736. The predicted molar refractivity (Wildman–Crippen MR) is 79.4 cm³/mol. The molecule has 0 aliphatic rings. The largest absolute Gasteiger partial charge is 0.360 e. The van der Waals surface area contributed by atoms with Crippen LogP contribution in [0.1, 0.15) is 11.5 Å². The zero-order chi connectivity index (χ0) is 13.9. The number of hydrogen-bond acceptors (Lipinski definition) is 4. The van der Waals surface area contributed by atoms with Crippen LogP contribution in [0.2, 0.25) is 0 Å². The van der Waals surface area contributed by atoms with E-state index in [1.165, 1.54) is 5.56 Å². The summed E-state index contributed by atoms with van der Waals surface area (Å²) < 4.78 is 7.31. The Labute approximate surface area is 121 Å². The third-order valence-electron chi connectivity index (χ3n) is 3.04. The van der Waals surface area contributed by atoms with Crippen molar-refractivity contribution in [3.63, 3.8) is 0 Å². The van der Waals surface area contributed by atoms with Gasteiger partial charge in [0.05, 0.1) is 23.3 Å². The van der Waals surface area contributed by atoms with Crippen LogP contribution in [0.4, 0.5) is 0 Å². The highest BCUT2D eigenvalue weighted by Crippen LogP contribution is 2.26. The molecule has 0 fully saturated rings. The van der Waals surface area contributed by atoms with Crippen molar-refractivity contribution in [1.29, 1.82) is 0 Å². The summed E-state index contributed by atoms with van der Waals surface area (Å²) in [5.74, 6) is 1.61. The summed E-state index contributed by atoms with van der Waals surface area (Å²) in [4.78, 5) is 4.48. The molecule has 2 aromatic heterocycles. The summed E-state index contributed by atoms with van der Waals surface area (Å²) in [6, 6.07) is 12.2. The van der Waals surface area contributed by atoms with Crippen LogP contribution in [-0.4, -0.2) is 14.7 Å². The quantitative estimate of drug-likeness (QED) is 0.686. The molecule has 0 aliphatic heterocycles. The zero-order valence-electron chi connectivity index (χ0n) is 11.4. The van der Waals surface area contributed by atoms with Gasteiger partial charge < -0.3 is 9.09 Å². The molecule has 102 valence electrons. The Morgan fingerprint density at radius 1 is 1.25 bits per heavy atom. The van der Waals surface area contributed by atoms with Gasteiger partial charge in [0.2, 0.25) is 0 Å². The SMILES string of the molecule is Cc1cc(CSc2ncc(-c3ccccc3)n2C)on1. The van der Waals surface area contributed by atoms with Gasteiger partial charge in [-0.25, -0.2) is 4.98 Å². The van der Waals surface area contributed by atoms with Gasteiger partial charge in [-0.2, -0.15) is 0 Å². The lowest BCUT2D eigenvalue weighted by Gasteiger charge is -2.04. The number of imidazole rings is 1. The molecule has 5 heteroatoms. The molecule has 0 saturated heterocycles. The Morgan fingerprint density at radius 2 is 2.05 bits per heavy atom. The van der Waals surface area contributed by atoms with Crippen LogP contribution >= 0.6 is 11.8 Å². The summed E-state index contributed by atoms with van der Waals surface area (Å²) in [6.07, 6.45) is 1.91. The van der Waals surface area contributed by atoms with E-state index in [9.17, 15) is 0 Å². The van der Waals surface area contributed by atoms with E-state index >= 15 is 0 Å². The molecule has 3 rings (SSSR count). The lowest BCUT2D eigenvalue weighted by molar-refractivity contribution is 0.391.